The van der Waals surface area contributed by atoms with Crippen LogP contribution >= 0.6 is 0 Å². The summed E-state index contributed by atoms with van der Waals surface area (Å²) in [5, 5.41) is 3.36. The van der Waals surface area contributed by atoms with Gasteiger partial charge in [-0.3, -0.25) is 4.99 Å². The van der Waals surface area contributed by atoms with Crippen molar-refractivity contribution in [1.82, 2.24) is 15.1 Å². The third kappa shape index (κ3) is 6.31. The molecule has 1 aliphatic heterocycles. The highest BCUT2D eigenvalue weighted by molar-refractivity contribution is 5.79. The normalized spacial score (nSPS) is 19.3. The van der Waals surface area contributed by atoms with E-state index < -0.39 is 0 Å². The average Bonchev–Trinajstić information content (AvgIpc) is 2.58. The molecular formula is C20H33FN4. The molecule has 1 aromatic rings. The number of nitrogens with one attached hydrogen (secondary N) is 1. The highest BCUT2D eigenvalue weighted by atomic mass is 19.1. The van der Waals surface area contributed by atoms with Crippen LogP contribution in [0.1, 0.15) is 39.2 Å². The van der Waals surface area contributed by atoms with Gasteiger partial charge in [0.2, 0.25) is 0 Å². The van der Waals surface area contributed by atoms with Crippen molar-refractivity contribution in [2.45, 2.75) is 46.2 Å². The maximum absolute atomic E-state index is 13.4. The topological polar surface area (TPSA) is 30.9 Å². The highest BCUT2D eigenvalue weighted by Gasteiger charge is 2.21. The fourth-order valence-corrected chi connectivity index (χ4v) is 3.38. The van der Waals surface area contributed by atoms with E-state index in [1.165, 1.54) is 25.5 Å². The van der Waals surface area contributed by atoms with Crippen LogP contribution in [0, 0.1) is 11.7 Å². The van der Waals surface area contributed by atoms with E-state index in [4.69, 9.17) is 4.99 Å². The highest BCUT2D eigenvalue weighted by Crippen LogP contribution is 2.18. The second-order valence-electron chi connectivity index (χ2n) is 7.28. The molecule has 140 valence electrons. The van der Waals surface area contributed by atoms with Crippen LogP contribution in [-0.4, -0.2) is 55.0 Å². The summed E-state index contributed by atoms with van der Waals surface area (Å²) in [6.07, 6.45) is 2.51. The molecule has 0 radical (unpaired) electrons. The van der Waals surface area contributed by atoms with Crippen molar-refractivity contribution < 1.29 is 4.39 Å². The Balaban J connectivity index is 1.97. The molecule has 0 saturated carbocycles. The molecule has 2 rings (SSSR count). The summed E-state index contributed by atoms with van der Waals surface area (Å²) in [6.45, 7) is 11.3. The number of guanidine groups is 1. The Morgan fingerprint density at radius 1 is 1.44 bits per heavy atom. The Hall–Kier alpha value is -1.62. The zero-order chi connectivity index (χ0) is 18.2. The largest absolute Gasteiger partial charge is 0.357 e. The van der Waals surface area contributed by atoms with Crippen LogP contribution in [0.2, 0.25) is 0 Å². The Morgan fingerprint density at radius 2 is 2.24 bits per heavy atom. The monoisotopic (exact) mass is 348 g/mol. The fraction of sp³-hybridized carbons (Fsp3) is 0.650. The summed E-state index contributed by atoms with van der Waals surface area (Å²) in [5.41, 5.74) is 0.955. The molecule has 4 nitrogen and oxygen atoms in total. The number of benzene rings is 1. The number of hydrogen-bond acceptors (Lipinski definition) is 2. The average molecular weight is 349 g/mol. The molecule has 1 atom stereocenters. The minimum atomic E-state index is -0.191. The van der Waals surface area contributed by atoms with E-state index in [1.54, 1.807) is 12.1 Å². The van der Waals surface area contributed by atoms with Crippen molar-refractivity contribution in [2.75, 3.05) is 33.2 Å². The number of aliphatic imine (C=N–C) groups is 1. The number of piperidine rings is 1. The summed E-state index contributed by atoms with van der Waals surface area (Å²) in [7, 11) is 2.01. The van der Waals surface area contributed by atoms with Gasteiger partial charge in [0.25, 0.3) is 0 Å². The van der Waals surface area contributed by atoms with E-state index in [0.29, 0.717) is 18.5 Å². The van der Waals surface area contributed by atoms with Crippen LogP contribution in [0.4, 0.5) is 4.39 Å². The van der Waals surface area contributed by atoms with Crippen LogP contribution in [0.25, 0.3) is 0 Å². The van der Waals surface area contributed by atoms with Crippen molar-refractivity contribution in [3.63, 3.8) is 0 Å². The zero-order valence-electron chi connectivity index (χ0n) is 16.1. The molecule has 1 unspecified atom stereocenters. The van der Waals surface area contributed by atoms with Crippen LogP contribution in [0.5, 0.6) is 0 Å². The van der Waals surface area contributed by atoms with E-state index >= 15 is 0 Å². The maximum atomic E-state index is 13.4. The summed E-state index contributed by atoms with van der Waals surface area (Å²) >= 11 is 0. The number of nitrogens with zero attached hydrogens (tertiary/aromatic N) is 3. The maximum Gasteiger partial charge on any atom is 0.193 e. The molecule has 1 heterocycles. The molecule has 0 aromatic heterocycles. The summed E-state index contributed by atoms with van der Waals surface area (Å²) in [4.78, 5) is 9.48. The van der Waals surface area contributed by atoms with Crippen LogP contribution in [0.3, 0.4) is 0 Å². The fourth-order valence-electron chi connectivity index (χ4n) is 3.38. The number of halogens is 1. The molecule has 1 N–H and O–H groups in total. The van der Waals surface area contributed by atoms with Crippen molar-refractivity contribution in [3.05, 3.63) is 35.6 Å². The zero-order valence-corrected chi connectivity index (χ0v) is 16.1. The number of likely N-dealkylation sites (tertiary alicyclic amines) is 1. The van der Waals surface area contributed by atoms with Gasteiger partial charge in [0, 0.05) is 39.3 Å². The minimum absolute atomic E-state index is 0.191. The Labute approximate surface area is 152 Å². The first-order valence-corrected chi connectivity index (χ1v) is 9.47. The van der Waals surface area contributed by atoms with Crippen molar-refractivity contribution in [1.29, 1.82) is 0 Å². The molecule has 0 aliphatic carbocycles. The van der Waals surface area contributed by atoms with Crippen LogP contribution in [-0.2, 0) is 6.54 Å². The van der Waals surface area contributed by atoms with E-state index in [2.05, 4.69) is 35.9 Å². The van der Waals surface area contributed by atoms with Crippen molar-refractivity contribution >= 4 is 5.96 Å². The van der Waals surface area contributed by atoms with Gasteiger partial charge >= 0.3 is 0 Å². The van der Waals surface area contributed by atoms with Gasteiger partial charge in [-0.1, -0.05) is 12.1 Å². The lowest BCUT2D eigenvalue weighted by Gasteiger charge is -2.35. The second-order valence-corrected chi connectivity index (χ2v) is 7.28. The van der Waals surface area contributed by atoms with Gasteiger partial charge in [-0.05, 0) is 63.8 Å². The predicted molar refractivity (Wildman–Crippen MR) is 103 cm³/mol. The lowest BCUT2D eigenvalue weighted by molar-refractivity contribution is 0.143. The number of hydrogen-bond donors (Lipinski definition) is 1. The number of rotatable bonds is 6. The van der Waals surface area contributed by atoms with E-state index in [-0.39, 0.29) is 5.82 Å². The molecule has 0 amide bonds. The van der Waals surface area contributed by atoms with E-state index in [1.807, 2.05) is 13.1 Å². The summed E-state index contributed by atoms with van der Waals surface area (Å²) in [6, 6.07) is 7.37. The third-order valence-corrected chi connectivity index (χ3v) is 4.79. The van der Waals surface area contributed by atoms with Gasteiger partial charge in [0.15, 0.2) is 5.96 Å². The third-order valence-electron chi connectivity index (χ3n) is 4.79. The minimum Gasteiger partial charge on any atom is -0.357 e. The first-order chi connectivity index (χ1) is 12.0. The predicted octanol–water partition coefficient (Wildman–Crippen LogP) is 3.34. The molecule has 5 heteroatoms. The van der Waals surface area contributed by atoms with Gasteiger partial charge in [-0.25, -0.2) is 4.39 Å². The molecule has 1 saturated heterocycles. The van der Waals surface area contributed by atoms with Crippen molar-refractivity contribution in [3.8, 4) is 0 Å². The lowest BCUT2D eigenvalue weighted by atomic mass is 9.97. The van der Waals surface area contributed by atoms with Gasteiger partial charge in [-0.15, -0.1) is 0 Å². The summed E-state index contributed by atoms with van der Waals surface area (Å²) < 4.78 is 13.4. The van der Waals surface area contributed by atoms with E-state index in [9.17, 15) is 4.39 Å². The Morgan fingerprint density at radius 3 is 2.92 bits per heavy atom. The quantitative estimate of drug-likeness (QED) is 0.632. The first-order valence-electron chi connectivity index (χ1n) is 9.47. The Kier molecular flexibility index (Phi) is 7.69. The molecule has 0 bridgehead atoms. The molecule has 25 heavy (non-hydrogen) atoms. The van der Waals surface area contributed by atoms with Crippen molar-refractivity contribution in [2.24, 2.45) is 10.9 Å². The van der Waals surface area contributed by atoms with Gasteiger partial charge in [0.1, 0.15) is 5.82 Å². The molecule has 0 spiro atoms. The molecule has 1 aliphatic rings. The molecule has 1 aromatic carbocycles. The van der Waals surface area contributed by atoms with Gasteiger partial charge in [0.05, 0.1) is 0 Å². The van der Waals surface area contributed by atoms with E-state index in [0.717, 1.165) is 31.2 Å². The lowest BCUT2D eigenvalue weighted by Crippen LogP contribution is -2.42. The molecular weight excluding hydrogens is 315 g/mol. The summed E-state index contributed by atoms with van der Waals surface area (Å²) in [5.74, 6) is 1.32. The second kappa shape index (κ2) is 9.76. The van der Waals surface area contributed by atoms with Gasteiger partial charge < -0.3 is 15.1 Å². The van der Waals surface area contributed by atoms with Gasteiger partial charge in [-0.2, -0.15) is 0 Å². The molecule has 1 fully saturated rings. The SMILES string of the molecule is CCNC(=NCC1CCCN(C(C)C)C1)N(C)Cc1cccc(F)c1. The van der Waals surface area contributed by atoms with Crippen LogP contribution < -0.4 is 5.32 Å². The Bertz CT molecular complexity index is 558. The smallest absolute Gasteiger partial charge is 0.193 e. The first kappa shape index (κ1) is 19.7. The standard InChI is InChI=1S/C20H33FN4/c1-5-22-20(24(4)14-17-8-6-10-19(21)12-17)23-13-18-9-7-11-25(15-18)16(2)3/h6,8,10,12,16,18H,5,7,9,11,13-15H2,1-4H3,(H,22,23). The van der Waals surface area contributed by atoms with Crippen LogP contribution in [0.15, 0.2) is 29.3 Å².